The standard InChI is InChI=1S/C15H24N4O3/c1-15(13(21)18(2)14(22)17-15)10-4-3-7-19(8-10)9-12(20)16-11-5-6-11/h10-11H,3-9H2,1-2H3,(H,16,20)(H,17,22)/t10-,15+/m0/s1. The molecular formula is C15H24N4O3. The summed E-state index contributed by atoms with van der Waals surface area (Å²) in [6.07, 6.45) is 3.99. The van der Waals surface area contributed by atoms with E-state index in [2.05, 4.69) is 15.5 Å². The van der Waals surface area contributed by atoms with Gasteiger partial charge in [0.2, 0.25) is 5.91 Å². The number of nitrogens with one attached hydrogen (secondary N) is 2. The summed E-state index contributed by atoms with van der Waals surface area (Å²) in [5, 5.41) is 5.82. The minimum absolute atomic E-state index is 0.0383. The molecule has 3 aliphatic rings. The van der Waals surface area contributed by atoms with Crippen LogP contribution in [0, 0.1) is 5.92 Å². The first-order chi connectivity index (χ1) is 10.4. The van der Waals surface area contributed by atoms with Gasteiger partial charge in [-0.2, -0.15) is 0 Å². The molecule has 7 heteroatoms. The fourth-order valence-electron chi connectivity index (χ4n) is 3.45. The Morgan fingerprint density at radius 2 is 2.09 bits per heavy atom. The number of carbonyl (C=O) groups excluding carboxylic acids is 3. The summed E-state index contributed by atoms with van der Waals surface area (Å²) < 4.78 is 0. The van der Waals surface area contributed by atoms with Crippen molar-refractivity contribution in [1.82, 2.24) is 20.4 Å². The Morgan fingerprint density at radius 3 is 2.68 bits per heavy atom. The molecule has 0 aromatic rings. The molecule has 2 saturated heterocycles. The van der Waals surface area contributed by atoms with Crippen molar-refractivity contribution in [2.75, 3.05) is 26.7 Å². The number of carbonyl (C=O) groups is 3. The van der Waals surface area contributed by atoms with Gasteiger partial charge in [-0.3, -0.25) is 19.4 Å². The van der Waals surface area contributed by atoms with E-state index >= 15 is 0 Å². The molecule has 2 heterocycles. The lowest BCUT2D eigenvalue weighted by Gasteiger charge is -2.39. The van der Waals surface area contributed by atoms with Crippen LogP contribution in [0.5, 0.6) is 0 Å². The van der Waals surface area contributed by atoms with Crippen molar-refractivity contribution in [3.05, 3.63) is 0 Å². The predicted octanol–water partition coefficient (Wildman–Crippen LogP) is -0.0827. The van der Waals surface area contributed by atoms with Gasteiger partial charge in [0, 0.05) is 25.6 Å². The van der Waals surface area contributed by atoms with E-state index in [4.69, 9.17) is 0 Å². The number of hydrogen-bond donors (Lipinski definition) is 2. The zero-order valence-corrected chi connectivity index (χ0v) is 13.2. The molecule has 2 atom stereocenters. The van der Waals surface area contributed by atoms with Gasteiger partial charge in [0.05, 0.1) is 6.54 Å². The largest absolute Gasteiger partial charge is 0.352 e. The van der Waals surface area contributed by atoms with Crippen LogP contribution in [0.2, 0.25) is 0 Å². The lowest BCUT2D eigenvalue weighted by molar-refractivity contribution is -0.132. The molecule has 2 N–H and O–H groups in total. The highest BCUT2D eigenvalue weighted by atomic mass is 16.2. The lowest BCUT2D eigenvalue weighted by Crippen LogP contribution is -2.56. The number of nitrogens with zero attached hydrogens (tertiary/aromatic N) is 2. The van der Waals surface area contributed by atoms with Crippen molar-refractivity contribution < 1.29 is 14.4 Å². The van der Waals surface area contributed by atoms with Gasteiger partial charge in [-0.1, -0.05) is 0 Å². The SMILES string of the molecule is CN1C(=O)N[C@](C)([C@H]2CCCN(CC(=O)NC3CC3)C2)C1=O. The molecule has 1 aliphatic carbocycles. The fourth-order valence-corrected chi connectivity index (χ4v) is 3.45. The van der Waals surface area contributed by atoms with Crippen molar-refractivity contribution in [1.29, 1.82) is 0 Å². The zero-order valence-electron chi connectivity index (χ0n) is 13.2. The van der Waals surface area contributed by atoms with E-state index < -0.39 is 5.54 Å². The number of amides is 4. The van der Waals surface area contributed by atoms with Crippen LogP contribution in [0.25, 0.3) is 0 Å². The van der Waals surface area contributed by atoms with Gasteiger partial charge >= 0.3 is 6.03 Å². The van der Waals surface area contributed by atoms with E-state index in [-0.39, 0.29) is 23.8 Å². The number of urea groups is 1. The molecule has 3 fully saturated rings. The molecular weight excluding hydrogens is 284 g/mol. The highest BCUT2D eigenvalue weighted by molar-refractivity contribution is 6.06. The summed E-state index contributed by atoms with van der Waals surface area (Å²) >= 11 is 0. The summed E-state index contributed by atoms with van der Waals surface area (Å²) in [5.41, 5.74) is -0.850. The van der Waals surface area contributed by atoms with E-state index in [1.54, 1.807) is 6.92 Å². The van der Waals surface area contributed by atoms with Crippen LogP contribution in [0.1, 0.15) is 32.6 Å². The molecule has 3 rings (SSSR count). The fraction of sp³-hybridized carbons (Fsp3) is 0.800. The second-order valence-electron chi connectivity index (χ2n) is 6.91. The Kier molecular flexibility index (Phi) is 3.84. The third-order valence-electron chi connectivity index (χ3n) is 5.05. The Hall–Kier alpha value is -1.63. The topological polar surface area (TPSA) is 81.8 Å². The Morgan fingerprint density at radius 1 is 1.36 bits per heavy atom. The van der Waals surface area contributed by atoms with Crippen LogP contribution in [-0.4, -0.2) is 65.9 Å². The molecule has 0 spiro atoms. The summed E-state index contributed by atoms with van der Waals surface area (Å²) in [6, 6.07) is 0.0334. The Bertz CT molecular complexity index is 505. The zero-order chi connectivity index (χ0) is 15.9. The van der Waals surface area contributed by atoms with Gasteiger partial charge in [0.1, 0.15) is 5.54 Å². The number of piperidine rings is 1. The average molecular weight is 308 g/mol. The number of likely N-dealkylation sites (tertiary alicyclic amines) is 1. The van der Waals surface area contributed by atoms with Crippen molar-refractivity contribution in [3.63, 3.8) is 0 Å². The highest BCUT2D eigenvalue weighted by Gasteiger charge is 2.51. The van der Waals surface area contributed by atoms with Gasteiger partial charge in [-0.15, -0.1) is 0 Å². The van der Waals surface area contributed by atoms with Crippen LogP contribution in [0.4, 0.5) is 4.79 Å². The van der Waals surface area contributed by atoms with Crippen LogP contribution in [0.3, 0.4) is 0 Å². The molecule has 0 unspecified atom stereocenters. The molecule has 0 aromatic carbocycles. The normalized spacial score (nSPS) is 33.0. The predicted molar refractivity (Wildman–Crippen MR) is 80.0 cm³/mol. The van der Waals surface area contributed by atoms with Gasteiger partial charge in [0.15, 0.2) is 0 Å². The quantitative estimate of drug-likeness (QED) is 0.712. The summed E-state index contributed by atoms with van der Waals surface area (Å²) in [7, 11) is 1.51. The van der Waals surface area contributed by atoms with Gasteiger partial charge < -0.3 is 10.6 Å². The van der Waals surface area contributed by atoms with Gasteiger partial charge in [-0.25, -0.2) is 4.79 Å². The first-order valence-corrected chi connectivity index (χ1v) is 8.02. The number of rotatable bonds is 4. The highest BCUT2D eigenvalue weighted by Crippen LogP contribution is 2.31. The van der Waals surface area contributed by atoms with Crippen LogP contribution >= 0.6 is 0 Å². The second kappa shape index (κ2) is 5.53. The van der Waals surface area contributed by atoms with Crippen LogP contribution in [0.15, 0.2) is 0 Å². The molecule has 0 bridgehead atoms. The first-order valence-electron chi connectivity index (χ1n) is 8.02. The summed E-state index contributed by atoms with van der Waals surface area (Å²) in [4.78, 5) is 39.3. The molecule has 1 saturated carbocycles. The monoisotopic (exact) mass is 308 g/mol. The lowest BCUT2D eigenvalue weighted by atomic mass is 9.80. The third-order valence-corrected chi connectivity index (χ3v) is 5.05. The maximum Gasteiger partial charge on any atom is 0.324 e. The van der Waals surface area contributed by atoms with E-state index in [9.17, 15) is 14.4 Å². The minimum atomic E-state index is -0.850. The Balaban J connectivity index is 1.61. The molecule has 0 aromatic heterocycles. The van der Waals surface area contributed by atoms with Crippen LogP contribution < -0.4 is 10.6 Å². The maximum absolute atomic E-state index is 12.4. The van der Waals surface area contributed by atoms with E-state index in [0.717, 1.165) is 37.1 Å². The average Bonchev–Trinajstić information content (AvgIpc) is 3.25. The second-order valence-corrected chi connectivity index (χ2v) is 6.91. The van der Waals surface area contributed by atoms with Crippen molar-refractivity contribution in [3.8, 4) is 0 Å². The van der Waals surface area contributed by atoms with Gasteiger partial charge in [-0.05, 0) is 39.2 Å². The van der Waals surface area contributed by atoms with Crippen molar-refractivity contribution >= 4 is 17.8 Å². The summed E-state index contributed by atoms with van der Waals surface area (Å²) in [6.45, 7) is 3.70. The number of imide groups is 1. The maximum atomic E-state index is 12.4. The van der Waals surface area contributed by atoms with Crippen molar-refractivity contribution in [2.24, 2.45) is 5.92 Å². The molecule has 0 radical (unpaired) electrons. The molecule has 7 nitrogen and oxygen atoms in total. The van der Waals surface area contributed by atoms with Crippen molar-refractivity contribution in [2.45, 2.75) is 44.2 Å². The molecule has 122 valence electrons. The molecule has 22 heavy (non-hydrogen) atoms. The number of likely N-dealkylation sites (N-methyl/N-ethyl adjacent to an activating group) is 1. The summed E-state index contributed by atoms with van der Waals surface area (Å²) in [5.74, 6) is -0.0737. The van der Waals surface area contributed by atoms with E-state index in [1.807, 2.05) is 0 Å². The smallest absolute Gasteiger partial charge is 0.324 e. The number of hydrogen-bond acceptors (Lipinski definition) is 4. The van der Waals surface area contributed by atoms with E-state index in [0.29, 0.717) is 19.1 Å². The van der Waals surface area contributed by atoms with E-state index in [1.165, 1.54) is 7.05 Å². The molecule has 4 amide bonds. The molecule has 2 aliphatic heterocycles. The third kappa shape index (κ3) is 2.82. The first kappa shape index (κ1) is 15.3. The Labute approximate surface area is 130 Å². The minimum Gasteiger partial charge on any atom is -0.352 e. The van der Waals surface area contributed by atoms with Crippen LogP contribution in [-0.2, 0) is 9.59 Å². The van der Waals surface area contributed by atoms with Gasteiger partial charge in [0.25, 0.3) is 5.91 Å².